The third kappa shape index (κ3) is 3.08. The molecule has 19 heavy (non-hydrogen) atoms. The molecule has 0 aliphatic carbocycles. The molecule has 0 bridgehead atoms. The van der Waals surface area contributed by atoms with Gasteiger partial charge in [0.05, 0.1) is 12.3 Å². The number of H-pyrrole nitrogens is 1. The van der Waals surface area contributed by atoms with E-state index in [1.165, 1.54) is 0 Å². The minimum Gasteiger partial charge on any atom is -0.494 e. The molecule has 3 N–H and O–H groups in total. The lowest BCUT2D eigenvalue weighted by molar-refractivity contribution is 0.317. The maximum Gasteiger partial charge on any atom is 0.149 e. The molecule has 2 aromatic rings. The molecule has 1 heterocycles. The molecule has 0 spiro atoms. The van der Waals surface area contributed by atoms with Crippen molar-refractivity contribution in [2.24, 2.45) is 0 Å². The minimum atomic E-state index is 0.594. The van der Waals surface area contributed by atoms with Crippen molar-refractivity contribution in [3.63, 3.8) is 0 Å². The predicted molar refractivity (Wildman–Crippen MR) is 78.2 cm³/mol. The van der Waals surface area contributed by atoms with Crippen LogP contribution in [0.3, 0.4) is 0 Å². The number of anilines is 1. The predicted octanol–water partition coefficient (Wildman–Crippen LogP) is 3.40. The molecule has 1 aromatic heterocycles. The fraction of sp³-hybridized carbons (Fsp3) is 0.400. The highest BCUT2D eigenvalue weighted by atomic mass is 16.5. The fourth-order valence-corrected chi connectivity index (χ4v) is 2.08. The summed E-state index contributed by atoms with van der Waals surface area (Å²) in [6.45, 7) is 4.96. The van der Waals surface area contributed by atoms with E-state index in [0.717, 1.165) is 48.4 Å². The Morgan fingerprint density at radius 1 is 1.26 bits per heavy atom. The number of benzene rings is 1. The van der Waals surface area contributed by atoms with Crippen LogP contribution >= 0.6 is 0 Å². The SMILES string of the molecule is CCCOc1cccc(-c2[nH]nc(N)c2CCC)c1. The number of nitrogen functional groups attached to an aromatic ring is 1. The highest BCUT2D eigenvalue weighted by Crippen LogP contribution is 2.28. The first-order valence-corrected chi connectivity index (χ1v) is 6.82. The zero-order chi connectivity index (χ0) is 13.7. The quantitative estimate of drug-likeness (QED) is 0.835. The molecule has 0 amide bonds. The summed E-state index contributed by atoms with van der Waals surface area (Å²) in [5, 5.41) is 7.14. The van der Waals surface area contributed by atoms with Gasteiger partial charge in [0.2, 0.25) is 0 Å². The molecule has 4 nitrogen and oxygen atoms in total. The van der Waals surface area contributed by atoms with Gasteiger partial charge in [0.1, 0.15) is 11.6 Å². The van der Waals surface area contributed by atoms with Crippen molar-refractivity contribution in [1.82, 2.24) is 10.2 Å². The van der Waals surface area contributed by atoms with E-state index in [4.69, 9.17) is 10.5 Å². The first-order valence-electron chi connectivity index (χ1n) is 6.82. The number of nitrogens with zero attached hydrogens (tertiary/aromatic N) is 1. The Bertz CT molecular complexity index is 534. The summed E-state index contributed by atoms with van der Waals surface area (Å²) in [5.74, 6) is 1.48. The van der Waals surface area contributed by atoms with E-state index < -0.39 is 0 Å². The zero-order valence-corrected chi connectivity index (χ0v) is 11.6. The lowest BCUT2D eigenvalue weighted by Crippen LogP contribution is -1.96. The Labute approximate surface area is 114 Å². The summed E-state index contributed by atoms with van der Waals surface area (Å²) < 4.78 is 5.66. The van der Waals surface area contributed by atoms with Gasteiger partial charge in [0.25, 0.3) is 0 Å². The minimum absolute atomic E-state index is 0.594. The van der Waals surface area contributed by atoms with E-state index in [1.807, 2.05) is 24.3 Å². The van der Waals surface area contributed by atoms with E-state index >= 15 is 0 Å². The van der Waals surface area contributed by atoms with Crippen LogP contribution in [-0.4, -0.2) is 16.8 Å². The monoisotopic (exact) mass is 259 g/mol. The first-order chi connectivity index (χ1) is 9.26. The Morgan fingerprint density at radius 2 is 2.11 bits per heavy atom. The Balaban J connectivity index is 2.30. The second kappa shape index (κ2) is 6.27. The Hall–Kier alpha value is -1.97. The van der Waals surface area contributed by atoms with Crippen molar-refractivity contribution in [2.45, 2.75) is 33.1 Å². The molecule has 0 saturated carbocycles. The van der Waals surface area contributed by atoms with E-state index in [0.29, 0.717) is 5.82 Å². The Morgan fingerprint density at radius 3 is 2.84 bits per heavy atom. The molecule has 0 fully saturated rings. The second-order valence-electron chi connectivity index (χ2n) is 4.59. The van der Waals surface area contributed by atoms with Crippen LogP contribution in [0, 0.1) is 0 Å². The number of aromatic amines is 1. The number of rotatable bonds is 6. The summed E-state index contributed by atoms with van der Waals surface area (Å²) in [6.07, 6.45) is 2.97. The molecule has 0 unspecified atom stereocenters. The van der Waals surface area contributed by atoms with Crippen LogP contribution in [-0.2, 0) is 6.42 Å². The first kappa shape index (κ1) is 13.5. The average molecular weight is 259 g/mol. The van der Waals surface area contributed by atoms with Crippen LogP contribution in [0.5, 0.6) is 5.75 Å². The van der Waals surface area contributed by atoms with Gasteiger partial charge in [-0.2, -0.15) is 5.10 Å². The van der Waals surface area contributed by atoms with Crippen LogP contribution in [0.4, 0.5) is 5.82 Å². The summed E-state index contributed by atoms with van der Waals surface area (Å²) in [7, 11) is 0. The van der Waals surface area contributed by atoms with Crippen molar-refractivity contribution < 1.29 is 4.74 Å². The maximum absolute atomic E-state index is 5.91. The molecule has 0 aliphatic rings. The van der Waals surface area contributed by atoms with E-state index in [1.54, 1.807) is 0 Å². The second-order valence-corrected chi connectivity index (χ2v) is 4.59. The van der Waals surface area contributed by atoms with Gasteiger partial charge in [-0.1, -0.05) is 32.4 Å². The smallest absolute Gasteiger partial charge is 0.149 e. The molecular formula is C15H21N3O. The molecule has 2 rings (SSSR count). The largest absolute Gasteiger partial charge is 0.494 e. The summed E-state index contributed by atoms with van der Waals surface area (Å²) in [4.78, 5) is 0. The molecule has 0 atom stereocenters. The summed E-state index contributed by atoms with van der Waals surface area (Å²) in [5.41, 5.74) is 9.07. The van der Waals surface area contributed by atoms with Crippen molar-refractivity contribution in [3.05, 3.63) is 29.8 Å². The molecule has 4 heteroatoms. The van der Waals surface area contributed by atoms with Gasteiger partial charge in [-0.15, -0.1) is 0 Å². The van der Waals surface area contributed by atoms with Crippen molar-refractivity contribution >= 4 is 5.82 Å². The maximum atomic E-state index is 5.91. The number of nitrogens with two attached hydrogens (primary N) is 1. The molecule has 102 valence electrons. The van der Waals surface area contributed by atoms with Crippen LogP contribution in [0.2, 0.25) is 0 Å². The van der Waals surface area contributed by atoms with Crippen molar-refractivity contribution in [2.75, 3.05) is 12.3 Å². The molecule has 0 aliphatic heterocycles. The molecule has 0 saturated heterocycles. The fourth-order valence-electron chi connectivity index (χ4n) is 2.08. The van der Waals surface area contributed by atoms with Gasteiger partial charge < -0.3 is 10.5 Å². The van der Waals surface area contributed by atoms with E-state index in [9.17, 15) is 0 Å². The molecule has 0 radical (unpaired) electrons. The molecule has 1 aromatic carbocycles. The third-order valence-electron chi connectivity index (χ3n) is 2.99. The number of nitrogens with one attached hydrogen (secondary N) is 1. The lowest BCUT2D eigenvalue weighted by Gasteiger charge is -2.07. The van der Waals surface area contributed by atoms with Crippen molar-refractivity contribution in [1.29, 1.82) is 0 Å². The number of hydrogen-bond donors (Lipinski definition) is 2. The molecular weight excluding hydrogens is 238 g/mol. The standard InChI is InChI=1S/C15H21N3O/c1-3-6-13-14(17-18-15(13)16)11-7-5-8-12(10-11)19-9-4-2/h5,7-8,10H,3-4,6,9H2,1-2H3,(H3,16,17,18). The van der Waals surface area contributed by atoms with Crippen molar-refractivity contribution in [3.8, 4) is 17.0 Å². The van der Waals surface area contributed by atoms with E-state index in [-0.39, 0.29) is 0 Å². The van der Waals surface area contributed by atoms with Gasteiger partial charge in [-0.3, -0.25) is 5.10 Å². The van der Waals surface area contributed by atoms with Gasteiger partial charge >= 0.3 is 0 Å². The topological polar surface area (TPSA) is 63.9 Å². The average Bonchev–Trinajstić information content (AvgIpc) is 2.79. The third-order valence-corrected chi connectivity index (χ3v) is 2.99. The van der Waals surface area contributed by atoms with Crippen LogP contribution in [0.1, 0.15) is 32.3 Å². The Kier molecular flexibility index (Phi) is 4.44. The highest BCUT2D eigenvalue weighted by molar-refractivity contribution is 5.69. The van der Waals surface area contributed by atoms with Gasteiger partial charge in [0.15, 0.2) is 0 Å². The van der Waals surface area contributed by atoms with Gasteiger partial charge in [-0.05, 0) is 25.0 Å². The zero-order valence-electron chi connectivity index (χ0n) is 11.6. The summed E-state index contributed by atoms with van der Waals surface area (Å²) in [6, 6.07) is 8.04. The van der Waals surface area contributed by atoms with Crippen LogP contribution in [0.25, 0.3) is 11.3 Å². The van der Waals surface area contributed by atoms with Crippen LogP contribution < -0.4 is 10.5 Å². The number of aromatic nitrogens is 2. The summed E-state index contributed by atoms with van der Waals surface area (Å²) >= 11 is 0. The number of hydrogen-bond acceptors (Lipinski definition) is 3. The van der Waals surface area contributed by atoms with Crippen LogP contribution in [0.15, 0.2) is 24.3 Å². The van der Waals surface area contributed by atoms with E-state index in [2.05, 4.69) is 24.0 Å². The number of ether oxygens (including phenoxy) is 1. The van der Waals surface area contributed by atoms with Gasteiger partial charge in [0, 0.05) is 11.1 Å². The normalized spacial score (nSPS) is 10.6. The van der Waals surface area contributed by atoms with Gasteiger partial charge in [-0.25, -0.2) is 0 Å². The highest BCUT2D eigenvalue weighted by Gasteiger charge is 2.12. The lowest BCUT2D eigenvalue weighted by atomic mass is 10.0.